The first kappa shape index (κ1) is 7.01. The van der Waals surface area contributed by atoms with Crippen molar-refractivity contribution in [3.63, 3.8) is 0 Å². The van der Waals surface area contributed by atoms with Crippen LogP contribution in [-0.4, -0.2) is 11.2 Å². The van der Waals surface area contributed by atoms with E-state index in [2.05, 4.69) is 29.8 Å². The lowest BCUT2D eigenvalue weighted by atomic mass is 10.2. The molecule has 0 radical (unpaired) electrons. The number of rotatable bonds is 0. The molecule has 0 N–H and O–H groups in total. The number of hydrogen-bond acceptors (Lipinski definition) is 1. The molecule has 2 aromatic rings. The molecule has 1 aliphatic heterocycles. The monoisotopic (exact) mass is 173 g/mol. The van der Waals surface area contributed by atoms with E-state index in [1.807, 2.05) is 12.1 Å². The van der Waals surface area contributed by atoms with Crippen molar-refractivity contribution in [3.05, 3.63) is 30.5 Å². The van der Waals surface area contributed by atoms with E-state index in [1.165, 1.54) is 10.9 Å². The van der Waals surface area contributed by atoms with Gasteiger partial charge in [0.15, 0.2) is 0 Å². The minimum Gasteiger partial charge on any atom is -0.489 e. The molecule has 0 aliphatic carbocycles. The number of ether oxygens (including phenoxy) is 1. The SMILES string of the molecule is CC1COc2cccc3ccn1c23. The quantitative estimate of drug-likeness (QED) is 0.597. The van der Waals surface area contributed by atoms with Gasteiger partial charge in [-0.1, -0.05) is 12.1 Å². The van der Waals surface area contributed by atoms with Crippen molar-refractivity contribution in [2.45, 2.75) is 13.0 Å². The van der Waals surface area contributed by atoms with Gasteiger partial charge in [-0.3, -0.25) is 0 Å². The van der Waals surface area contributed by atoms with Gasteiger partial charge in [-0.25, -0.2) is 0 Å². The summed E-state index contributed by atoms with van der Waals surface area (Å²) in [7, 11) is 0. The smallest absolute Gasteiger partial charge is 0.143 e. The van der Waals surface area contributed by atoms with E-state index in [1.54, 1.807) is 0 Å². The molecule has 0 spiro atoms. The minimum absolute atomic E-state index is 0.451. The maximum Gasteiger partial charge on any atom is 0.143 e. The summed E-state index contributed by atoms with van der Waals surface area (Å²) in [5, 5.41) is 1.27. The Hall–Kier alpha value is -1.44. The van der Waals surface area contributed by atoms with E-state index in [4.69, 9.17) is 4.74 Å². The van der Waals surface area contributed by atoms with Gasteiger partial charge >= 0.3 is 0 Å². The molecular weight excluding hydrogens is 162 g/mol. The summed E-state index contributed by atoms with van der Waals surface area (Å²) >= 11 is 0. The Bertz CT molecular complexity index is 458. The van der Waals surface area contributed by atoms with Crippen molar-refractivity contribution in [1.82, 2.24) is 4.57 Å². The fourth-order valence-electron chi connectivity index (χ4n) is 1.96. The molecule has 1 unspecified atom stereocenters. The Morgan fingerprint density at radius 2 is 2.31 bits per heavy atom. The second-order valence-electron chi connectivity index (χ2n) is 3.58. The summed E-state index contributed by atoms with van der Waals surface area (Å²) < 4.78 is 7.93. The molecular formula is C11H11NO. The number of aromatic nitrogens is 1. The lowest BCUT2D eigenvalue weighted by molar-refractivity contribution is 0.248. The normalized spacial score (nSPS) is 20.2. The van der Waals surface area contributed by atoms with Crippen LogP contribution >= 0.6 is 0 Å². The van der Waals surface area contributed by atoms with Gasteiger partial charge in [-0.15, -0.1) is 0 Å². The Balaban J connectivity index is 2.45. The molecule has 1 atom stereocenters. The van der Waals surface area contributed by atoms with Crippen LogP contribution in [0.2, 0.25) is 0 Å². The molecule has 2 heteroatoms. The molecule has 0 saturated heterocycles. The number of nitrogens with zero attached hydrogens (tertiary/aromatic N) is 1. The number of para-hydroxylation sites is 1. The molecule has 1 aromatic heterocycles. The van der Waals surface area contributed by atoms with Crippen LogP contribution in [0.1, 0.15) is 13.0 Å². The van der Waals surface area contributed by atoms with Crippen LogP contribution in [0, 0.1) is 0 Å². The zero-order valence-corrected chi connectivity index (χ0v) is 7.53. The van der Waals surface area contributed by atoms with Gasteiger partial charge in [-0.05, 0) is 19.1 Å². The van der Waals surface area contributed by atoms with Crippen LogP contribution in [0.25, 0.3) is 10.9 Å². The first-order valence-corrected chi connectivity index (χ1v) is 4.58. The zero-order chi connectivity index (χ0) is 8.84. The fourth-order valence-corrected chi connectivity index (χ4v) is 1.96. The van der Waals surface area contributed by atoms with Gasteiger partial charge in [-0.2, -0.15) is 0 Å². The summed E-state index contributed by atoms with van der Waals surface area (Å²) in [6.45, 7) is 2.95. The molecule has 66 valence electrons. The van der Waals surface area contributed by atoms with Gasteiger partial charge in [0, 0.05) is 11.6 Å². The minimum atomic E-state index is 0.451. The van der Waals surface area contributed by atoms with Gasteiger partial charge in [0.05, 0.1) is 11.6 Å². The van der Waals surface area contributed by atoms with Gasteiger partial charge in [0.25, 0.3) is 0 Å². The van der Waals surface area contributed by atoms with Crippen LogP contribution < -0.4 is 4.74 Å². The first-order valence-electron chi connectivity index (χ1n) is 4.58. The predicted molar refractivity (Wildman–Crippen MR) is 52.1 cm³/mol. The van der Waals surface area contributed by atoms with Crippen molar-refractivity contribution < 1.29 is 4.74 Å². The second kappa shape index (κ2) is 2.28. The van der Waals surface area contributed by atoms with Crippen molar-refractivity contribution in [1.29, 1.82) is 0 Å². The summed E-state index contributed by atoms with van der Waals surface area (Å²) in [5.41, 5.74) is 1.24. The van der Waals surface area contributed by atoms with Crippen LogP contribution in [-0.2, 0) is 0 Å². The van der Waals surface area contributed by atoms with Crippen molar-refractivity contribution in [3.8, 4) is 5.75 Å². The Kier molecular flexibility index (Phi) is 1.23. The van der Waals surface area contributed by atoms with Crippen molar-refractivity contribution in [2.75, 3.05) is 6.61 Å². The average Bonchev–Trinajstić information content (AvgIpc) is 2.57. The number of benzene rings is 1. The summed E-state index contributed by atoms with van der Waals surface area (Å²) in [4.78, 5) is 0. The largest absolute Gasteiger partial charge is 0.489 e. The standard InChI is InChI=1S/C11H11NO/c1-8-7-13-10-4-2-3-9-5-6-12(8)11(9)10/h2-6,8H,7H2,1H3. The summed E-state index contributed by atoms with van der Waals surface area (Å²) in [5.74, 6) is 1.01. The van der Waals surface area contributed by atoms with E-state index in [0.717, 1.165) is 12.4 Å². The van der Waals surface area contributed by atoms with E-state index in [-0.39, 0.29) is 0 Å². The molecule has 1 aliphatic rings. The molecule has 13 heavy (non-hydrogen) atoms. The molecule has 1 aromatic carbocycles. The van der Waals surface area contributed by atoms with E-state index in [0.29, 0.717) is 6.04 Å². The predicted octanol–water partition coefficient (Wildman–Crippen LogP) is 2.59. The first-order chi connectivity index (χ1) is 6.36. The lowest BCUT2D eigenvalue weighted by Gasteiger charge is -2.23. The molecule has 2 heterocycles. The van der Waals surface area contributed by atoms with Gasteiger partial charge < -0.3 is 9.30 Å². The highest BCUT2D eigenvalue weighted by Crippen LogP contribution is 2.32. The lowest BCUT2D eigenvalue weighted by Crippen LogP contribution is -2.18. The summed E-state index contributed by atoms with van der Waals surface area (Å²) in [6, 6.07) is 8.79. The highest BCUT2D eigenvalue weighted by atomic mass is 16.5. The zero-order valence-electron chi connectivity index (χ0n) is 7.53. The Morgan fingerprint density at radius 3 is 3.23 bits per heavy atom. The maximum absolute atomic E-state index is 5.65. The highest BCUT2D eigenvalue weighted by Gasteiger charge is 2.17. The number of hydrogen-bond donors (Lipinski definition) is 0. The molecule has 3 rings (SSSR count). The van der Waals surface area contributed by atoms with Crippen LogP contribution in [0.4, 0.5) is 0 Å². The molecule has 2 nitrogen and oxygen atoms in total. The van der Waals surface area contributed by atoms with E-state index >= 15 is 0 Å². The van der Waals surface area contributed by atoms with Crippen LogP contribution in [0.3, 0.4) is 0 Å². The topological polar surface area (TPSA) is 14.2 Å². The fraction of sp³-hybridized carbons (Fsp3) is 0.273. The van der Waals surface area contributed by atoms with Gasteiger partial charge in [0.1, 0.15) is 12.4 Å². The van der Waals surface area contributed by atoms with E-state index < -0.39 is 0 Å². The molecule has 0 amide bonds. The Labute approximate surface area is 76.7 Å². The Morgan fingerprint density at radius 1 is 1.38 bits per heavy atom. The molecule has 0 saturated carbocycles. The molecule has 0 fully saturated rings. The third-order valence-electron chi connectivity index (χ3n) is 2.66. The summed E-state index contributed by atoms with van der Waals surface area (Å²) in [6.07, 6.45) is 2.14. The highest BCUT2D eigenvalue weighted by molar-refractivity contribution is 5.86. The van der Waals surface area contributed by atoms with Crippen molar-refractivity contribution in [2.24, 2.45) is 0 Å². The van der Waals surface area contributed by atoms with Gasteiger partial charge in [0.2, 0.25) is 0 Å². The maximum atomic E-state index is 5.65. The van der Waals surface area contributed by atoms with Crippen LogP contribution in [0.15, 0.2) is 30.5 Å². The van der Waals surface area contributed by atoms with Crippen LogP contribution in [0.5, 0.6) is 5.75 Å². The van der Waals surface area contributed by atoms with Crippen molar-refractivity contribution >= 4 is 10.9 Å². The third kappa shape index (κ3) is 0.829. The third-order valence-corrected chi connectivity index (χ3v) is 2.66. The second-order valence-corrected chi connectivity index (χ2v) is 3.58. The average molecular weight is 173 g/mol. The van der Waals surface area contributed by atoms with E-state index in [9.17, 15) is 0 Å². The molecule has 0 bridgehead atoms.